The molecule has 0 heterocycles. The van der Waals surface area contributed by atoms with Gasteiger partial charge in [0, 0.05) is 0 Å². The van der Waals surface area contributed by atoms with Crippen LogP contribution >= 0.6 is 0 Å². The summed E-state index contributed by atoms with van der Waals surface area (Å²) in [6, 6.07) is 26.7. The van der Waals surface area contributed by atoms with E-state index in [2.05, 4.69) is 48.5 Å². The fourth-order valence-electron chi connectivity index (χ4n) is 2.69. The Labute approximate surface area is 135 Å². The molecule has 0 saturated carbocycles. The molecule has 2 heteroatoms. The molecule has 0 aliphatic heterocycles. The molecule has 0 atom stereocenters. The van der Waals surface area contributed by atoms with Crippen molar-refractivity contribution in [3.05, 3.63) is 78.9 Å². The van der Waals surface area contributed by atoms with Gasteiger partial charge in [0.05, 0.1) is 11.5 Å². The summed E-state index contributed by atoms with van der Waals surface area (Å²) in [4.78, 5) is 0. The molecule has 0 N–H and O–H groups in total. The van der Waals surface area contributed by atoms with Crippen LogP contribution in [0.25, 0.3) is 21.5 Å². The zero-order valence-electron chi connectivity index (χ0n) is 11.9. The van der Waals surface area contributed by atoms with Crippen molar-refractivity contribution in [1.29, 1.82) is 0 Å². The molecule has 0 unspecified atom stereocenters. The minimum atomic E-state index is 0. The van der Waals surface area contributed by atoms with Crippen LogP contribution in [0.1, 0.15) is 0 Å². The largest absolute Gasteiger partial charge is 1.00 e. The number of para-hydroxylation sites is 1. The number of benzene rings is 3. The van der Waals surface area contributed by atoms with E-state index in [4.69, 9.17) is 4.74 Å². The molecular formula is C19H13LiO. The Hall–Kier alpha value is -2.07. The second-order valence-corrected chi connectivity index (χ2v) is 4.84. The van der Waals surface area contributed by atoms with E-state index in [1.54, 1.807) is 0 Å². The maximum Gasteiger partial charge on any atom is 1.00 e. The maximum absolute atomic E-state index is 6.14. The van der Waals surface area contributed by atoms with Crippen molar-refractivity contribution in [1.82, 2.24) is 0 Å². The van der Waals surface area contributed by atoms with Crippen molar-refractivity contribution in [3.63, 3.8) is 0 Å². The molecule has 0 aromatic heterocycles. The fraction of sp³-hybridized carbons (Fsp3) is 0. The first kappa shape index (κ1) is 13.9. The fourth-order valence-corrected chi connectivity index (χ4v) is 2.69. The average Bonchev–Trinajstić information content (AvgIpc) is 2.84. The first-order chi connectivity index (χ1) is 9.93. The van der Waals surface area contributed by atoms with Crippen molar-refractivity contribution in [3.8, 4) is 11.5 Å². The van der Waals surface area contributed by atoms with Crippen molar-refractivity contribution in [2.75, 3.05) is 0 Å². The Morgan fingerprint density at radius 2 is 1.05 bits per heavy atom. The van der Waals surface area contributed by atoms with Crippen LogP contribution in [0, 0.1) is 0 Å². The first-order valence-corrected chi connectivity index (χ1v) is 6.72. The van der Waals surface area contributed by atoms with E-state index in [-0.39, 0.29) is 18.9 Å². The molecule has 4 rings (SSSR count). The van der Waals surface area contributed by atoms with Crippen LogP contribution < -0.4 is 23.6 Å². The molecule has 0 bridgehead atoms. The third-order valence-corrected chi connectivity index (χ3v) is 3.60. The molecule has 1 nitrogen and oxygen atoms in total. The SMILES string of the molecule is [Li+].c1ccc(O[c-]2c3ccccc3c3ccccc32)cc1. The third kappa shape index (κ3) is 2.36. The molecule has 21 heavy (non-hydrogen) atoms. The monoisotopic (exact) mass is 264 g/mol. The van der Waals surface area contributed by atoms with Gasteiger partial charge in [0.1, 0.15) is 0 Å². The van der Waals surface area contributed by atoms with Crippen molar-refractivity contribution in [2.45, 2.75) is 0 Å². The molecule has 0 aliphatic carbocycles. The van der Waals surface area contributed by atoms with Crippen molar-refractivity contribution >= 4 is 21.5 Å². The van der Waals surface area contributed by atoms with Crippen LogP contribution in [0.15, 0.2) is 78.9 Å². The quantitative estimate of drug-likeness (QED) is 0.399. The Kier molecular flexibility index (Phi) is 3.79. The van der Waals surface area contributed by atoms with Crippen LogP contribution in [0.2, 0.25) is 0 Å². The first-order valence-electron chi connectivity index (χ1n) is 6.72. The van der Waals surface area contributed by atoms with E-state index in [0.29, 0.717) is 0 Å². The van der Waals surface area contributed by atoms with Gasteiger partial charge >= 0.3 is 18.9 Å². The summed E-state index contributed by atoms with van der Waals surface area (Å²) in [5.74, 6) is 1.82. The van der Waals surface area contributed by atoms with Crippen LogP contribution in [0.4, 0.5) is 0 Å². The summed E-state index contributed by atoms with van der Waals surface area (Å²) in [7, 11) is 0. The number of hydrogen-bond acceptors (Lipinski definition) is 1. The predicted octanol–water partition coefficient (Wildman–Crippen LogP) is 2.51. The van der Waals surface area contributed by atoms with Gasteiger partial charge in [-0.2, -0.15) is 0 Å². The van der Waals surface area contributed by atoms with E-state index >= 15 is 0 Å². The van der Waals surface area contributed by atoms with Gasteiger partial charge < -0.3 is 4.74 Å². The minimum absolute atomic E-state index is 0. The van der Waals surface area contributed by atoms with Crippen LogP contribution in [0.3, 0.4) is 0 Å². The van der Waals surface area contributed by atoms with Gasteiger partial charge in [-0.3, -0.25) is 0 Å². The second-order valence-electron chi connectivity index (χ2n) is 4.84. The summed E-state index contributed by atoms with van der Waals surface area (Å²) in [5, 5.41) is 4.82. The molecule has 0 fully saturated rings. The molecule has 4 aromatic carbocycles. The zero-order valence-corrected chi connectivity index (χ0v) is 11.9. The molecule has 0 amide bonds. The summed E-state index contributed by atoms with van der Waals surface area (Å²) in [6.45, 7) is 0. The van der Waals surface area contributed by atoms with Gasteiger partial charge in [0.25, 0.3) is 0 Å². The molecule has 0 saturated heterocycles. The van der Waals surface area contributed by atoms with Crippen LogP contribution in [0.5, 0.6) is 11.5 Å². The molecule has 0 aliphatic rings. The van der Waals surface area contributed by atoms with Crippen LogP contribution in [-0.2, 0) is 0 Å². The molecular weight excluding hydrogens is 251 g/mol. The van der Waals surface area contributed by atoms with E-state index in [1.807, 2.05) is 30.3 Å². The Balaban J connectivity index is 0.00000132. The standard InChI is InChI=1S/C19H13O.Li/c1-2-8-14(9-3-1)20-19-17-12-6-4-10-15(17)16-11-5-7-13-18(16)19;/h1-13H;/q-1;+1. The summed E-state index contributed by atoms with van der Waals surface area (Å²) in [6.07, 6.45) is 0. The Morgan fingerprint density at radius 3 is 1.62 bits per heavy atom. The topological polar surface area (TPSA) is 9.23 Å². The van der Waals surface area contributed by atoms with Crippen molar-refractivity contribution in [2.24, 2.45) is 0 Å². The van der Waals surface area contributed by atoms with Gasteiger partial charge in [0.2, 0.25) is 0 Å². The van der Waals surface area contributed by atoms with Gasteiger partial charge in [-0.05, 0) is 12.1 Å². The van der Waals surface area contributed by atoms with E-state index in [1.165, 1.54) is 10.8 Å². The van der Waals surface area contributed by atoms with Gasteiger partial charge in [-0.1, -0.05) is 76.1 Å². The molecule has 96 valence electrons. The minimum Gasteiger partial charge on any atom is -0.515 e. The van der Waals surface area contributed by atoms with Crippen molar-refractivity contribution < 1.29 is 23.6 Å². The number of rotatable bonds is 2. The zero-order chi connectivity index (χ0) is 13.4. The number of fused-ring (bicyclic) bond motifs is 3. The summed E-state index contributed by atoms with van der Waals surface area (Å²) >= 11 is 0. The number of ether oxygens (including phenoxy) is 1. The third-order valence-electron chi connectivity index (χ3n) is 3.60. The predicted molar refractivity (Wildman–Crippen MR) is 83.6 cm³/mol. The smallest absolute Gasteiger partial charge is 0.515 e. The maximum atomic E-state index is 6.14. The van der Waals surface area contributed by atoms with E-state index in [0.717, 1.165) is 22.3 Å². The van der Waals surface area contributed by atoms with E-state index < -0.39 is 0 Å². The van der Waals surface area contributed by atoms with Gasteiger partial charge in [-0.25, -0.2) is 0 Å². The normalized spacial score (nSPS) is 10.5. The van der Waals surface area contributed by atoms with Gasteiger partial charge in [-0.15, -0.1) is 12.1 Å². The molecule has 0 radical (unpaired) electrons. The Bertz CT molecular complexity index is 825. The van der Waals surface area contributed by atoms with Gasteiger partial charge in [0.15, 0.2) is 0 Å². The number of hydrogen-bond donors (Lipinski definition) is 0. The average molecular weight is 264 g/mol. The Morgan fingerprint density at radius 1 is 0.571 bits per heavy atom. The molecule has 4 aromatic rings. The second kappa shape index (κ2) is 5.74. The summed E-state index contributed by atoms with van der Waals surface area (Å²) in [5.41, 5.74) is 0. The van der Waals surface area contributed by atoms with E-state index in [9.17, 15) is 0 Å². The summed E-state index contributed by atoms with van der Waals surface area (Å²) < 4.78 is 6.14. The van der Waals surface area contributed by atoms with Crippen LogP contribution in [-0.4, -0.2) is 0 Å². The molecule has 0 spiro atoms.